The van der Waals surface area contributed by atoms with Crippen LogP contribution < -0.4 is 16.6 Å². The second-order valence-electron chi connectivity index (χ2n) is 7.16. The van der Waals surface area contributed by atoms with E-state index in [4.69, 9.17) is 17.3 Å². The van der Waals surface area contributed by atoms with Crippen LogP contribution in [0.3, 0.4) is 0 Å². The number of aromatic nitrogens is 2. The Kier molecular flexibility index (Phi) is 7.42. The normalized spacial score (nSPS) is 10.9. The summed E-state index contributed by atoms with van der Waals surface area (Å²) in [6.07, 6.45) is 2.56. The van der Waals surface area contributed by atoms with E-state index in [1.54, 1.807) is 34.2 Å². The molecule has 3 aromatic rings. The maximum Gasteiger partial charge on any atom is 0.254 e. The number of carbonyl (C=O) groups is 1. The molecule has 158 valence electrons. The number of nitrogens with zero attached hydrogens (tertiary/aromatic N) is 2. The van der Waals surface area contributed by atoms with Gasteiger partial charge in [0.2, 0.25) is 5.91 Å². The number of hydrogen-bond donors (Lipinski definition) is 2. The zero-order chi connectivity index (χ0) is 21.7. The molecule has 3 N–H and O–H groups in total. The van der Waals surface area contributed by atoms with E-state index in [2.05, 4.69) is 10.3 Å². The third-order valence-corrected chi connectivity index (χ3v) is 6.36. The van der Waals surface area contributed by atoms with Gasteiger partial charge < -0.3 is 15.6 Å². The quantitative estimate of drug-likeness (QED) is 0.558. The summed E-state index contributed by atoms with van der Waals surface area (Å²) in [6, 6.07) is 7.31. The van der Waals surface area contributed by atoms with Gasteiger partial charge in [-0.2, -0.15) is 0 Å². The zero-order valence-electron chi connectivity index (χ0n) is 17.1. The average molecular weight is 445 g/mol. The van der Waals surface area contributed by atoms with Gasteiger partial charge in [-0.25, -0.2) is 4.98 Å². The first kappa shape index (κ1) is 22.2. The van der Waals surface area contributed by atoms with Crippen LogP contribution in [0.1, 0.15) is 32.8 Å². The molecule has 2 aromatic heterocycles. The number of hydrogen-bond acceptors (Lipinski definition) is 5. The predicted octanol–water partition coefficient (Wildman–Crippen LogP) is 3.14. The Hall–Kier alpha value is -2.48. The smallest absolute Gasteiger partial charge is 0.254 e. The summed E-state index contributed by atoms with van der Waals surface area (Å²) in [6.45, 7) is 5.06. The molecule has 0 fully saturated rings. The molecule has 0 unspecified atom stereocenters. The highest BCUT2D eigenvalue weighted by Crippen LogP contribution is 2.16. The summed E-state index contributed by atoms with van der Waals surface area (Å²) in [5.74, 6) is -0.214. The van der Waals surface area contributed by atoms with Gasteiger partial charge in [-0.05, 0) is 48.7 Å². The van der Waals surface area contributed by atoms with Crippen molar-refractivity contribution in [2.45, 2.75) is 46.3 Å². The standard InChI is InChI=1S/C22H25ClN4O2S/c1-14-5-7-27(8-6-20-15(2)26-13-30-20)22(29)19(14)10-21(28)25-12-17-9-18(23)4-3-16(17)11-24/h3-5,7,9,13H,6,8,10-12,24H2,1-2H3,(H,25,28). The molecule has 0 saturated heterocycles. The number of pyridine rings is 1. The number of rotatable bonds is 8. The van der Waals surface area contributed by atoms with Crippen molar-refractivity contribution in [3.8, 4) is 0 Å². The van der Waals surface area contributed by atoms with E-state index in [1.165, 1.54) is 4.88 Å². The molecule has 0 atom stereocenters. The molecule has 0 spiro atoms. The number of nitrogens with two attached hydrogens (primary N) is 1. The maximum atomic E-state index is 12.9. The minimum Gasteiger partial charge on any atom is -0.352 e. The third-order valence-electron chi connectivity index (χ3n) is 5.13. The molecular weight excluding hydrogens is 420 g/mol. The van der Waals surface area contributed by atoms with E-state index in [-0.39, 0.29) is 17.9 Å². The minimum absolute atomic E-state index is 0.0314. The third kappa shape index (κ3) is 5.36. The van der Waals surface area contributed by atoms with Gasteiger partial charge in [0.15, 0.2) is 0 Å². The highest BCUT2D eigenvalue weighted by atomic mass is 35.5. The number of halogens is 1. The molecule has 2 heterocycles. The lowest BCUT2D eigenvalue weighted by atomic mass is 10.1. The van der Waals surface area contributed by atoms with E-state index in [0.29, 0.717) is 30.2 Å². The van der Waals surface area contributed by atoms with E-state index in [1.807, 2.05) is 31.5 Å². The minimum atomic E-state index is -0.214. The fourth-order valence-corrected chi connectivity index (χ4v) is 4.23. The fraction of sp³-hybridized carbons (Fsp3) is 0.318. The van der Waals surface area contributed by atoms with Gasteiger partial charge >= 0.3 is 0 Å². The second kappa shape index (κ2) is 10.0. The Morgan fingerprint density at radius 2 is 2.07 bits per heavy atom. The molecular formula is C22H25ClN4O2S. The molecule has 30 heavy (non-hydrogen) atoms. The van der Waals surface area contributed by atoms with Gasteiger partial charge in [-0.1, -0.05) is 17.7 Å². The van der Waals surface area contributed by atoms with Gasteiger partial charge in [0.05, 0.1) is 17.6 Å². The Bertz CT molecular complexity index is 1110. The topological polar surface area (TPSA) is 90.0 Å². The van der Waals surface area contributed by atoms with Gasteiger partial charge in [0, 0.05) is 47.7 Å². The van der Waals surface area contributed by atoms with Crippen LogP contribution in [0.15, 0.2) is 40.8 Å². The molecule has 1 aromatic carbocycles. The van der Waals surface area contributed by atoms with Crippen molar-refractivity contribution < 1.29 is 4.79 Å². The number of nitrogens with one attached hydrogen (secondary N) is 1. The summed E-state index contributed by atoms with van der Waals surface area (Å²) in [7, 11) is 0. The number of carbonyl (C=O) groups excluding carboxylic acids is 1. The second-order valence-corrected chi connectivity index (χ2v) is 8.53. The Morgan fingerprint density at radius 3 is 2.77 bits per heavy atom. The number of thiazole rings is 1. The molecule has 0 aliphatic rings. The van der Waals surface area contributed by atoms with Crippen molar-refractivity contribution >= 4 is 28.8 Å². The SMILES string of the molecule is Cc1ccn(CCc2scnc2C)c(=O)c1CC(=O)NCc1cc(Cl)ccc1CN. The van der Waals surface area contributed by atoms with Crippen molar-refractivity contribution in [1.82, 2.24) is 14.9 Å². The molecule has 3 rings (SSSR count). The highest BCUT2D eigenvalue weighted by molar-refractivity contribution is 7.09. The molecule has 6 nitrogen and oxygen atoms in total. The average Bonchev–Trinajstić information content (AvgIpc) is 3.14. The number of benzene rings is 1. The van der Waals surface area contributed by atoms with Crippen LogP contribution in [0, 0.1) is 13.8 Å². The van der Waals surface area contributed by atoms with Gasteiger partial charge in [0.25, 0.3) is 5.56 Å². The molecule has 0 bridgehead atoms. The van der Waals surface area contributed by atoms with E-state index < -0.39 is 0 Å². The van der Waals surface area contributed by atoms with Crippen molar-refractivity contribution in [3.63, 3.8) is 0 Å². The monoisotopic (exact) mass is 444 g/mol. The molecule has 8 heteroatoms. The van der Waals surface area contributed by atoms with Gasteiger partial charge in [-0.3, -0.25) is 9.59 Å². The van der Waals surface area contributed by atoms with E-state index >= 15 is 0 Å². The first-order chi connectivity index (χ1) is 14.4. The Morgan fingerprint density at radius 1 is 1.27 bits per heavy atom. The molecule has 1 amide bonds. The van der Waals surface area contributed by atoms with Crippen LogP contribution in [-0.4, -0.2) is 15.5 Å². The van der Waals surface area contributed by atoms with Gasteiger partial charge in [0.1, 0.15) is 0 Å². The van der Waals surface area contributed by atoms with Crippen LogP contribution in [0.4, 0.5) is 0 Å². The molecule has 0 aliphatic heterocycles. The lowest BCUT2D eigenvalue weighted by Crippen LogP contribution is -2.31. The molecule has 0 saturated carbocycles. The molecule has 0 aliphatic carbocycles. The van der Waals surface area contributed by atoms with Crippen molar-refractivity contribution in [2.24, 2.45) is 5.73 Å². The van der Waals surface area contributed by atoms with E-state index in [0.717, 1.165) is 28.8 Å². The first-order valence-electron chi connectivity index (χ1n) is 9.71. The molecule has 0 radical (unpaired) electrons. The number of amides is 1. The first-order valence-corrected chi connectivity index (χ1v) is 11.0. The Labute approximate surface area is 184 Å². The van der Waals surface area contributed by atoms with Crippen LogP contribution in [0.5, 0.6) is 0 Å². The maximum absolute atomic E-state index is 12.9. The van der Waals surface area contributed by atoms with Crippen LogP contribution in [0.2, 0.25) is 5.02 Å². The predicted molar refractivity (Wildman–Crippen MR) is 121 cm³/mol. The Balaban J connectivity index is 1.68. The van der Waals surface area contributed by atoms with Crippen LogP contribution in [0.25, 0.3) is 0 Å². The van der Waals surface area contributed by atoms with Crippen molar-refractivity contribution in [1.29, 1.82) is 0 Å². The summed E-state index contributed by atoms with van der Waals surface area (Å²) >= 11 is 7.65. The largest absolute Gasteiger partial charge is 0.352 e. The van der Waals surface area contributed by atoms with Gasteiger partial charge in [-0.15, -0.1) is 11.3 Å². The fourth-order valence-electron chi connectivity index (χ4n) is 3.27. The van der Waals surface area contributed by atoms with Crippen molar-refractivity contribution in [2.75, 3.05) is 0 Å². The lowest BCUT2D eigenvalue weighted by molar-refractivity contribution is -0.120. The highest BCUT2D eigenvalue weighted by Gasteiger charge is 2.13. The zero-order valence-corrected chi connectivity index (χ0v) is 18.6. The summed E-state index contributed by atoms with van der Waals surface area (Å²) < 4.78 is 1.66. The lowest BCUT2D eigenvalue weighted by Gasteiger charge is -2.12. The number of aryl methyl sites for hydroxylation is 4. The summed E-state index contributed by atoms with van der Waals surface area (Å²) in [5.41, 5.74) is 11.6. The van der Waals surface area contributed by atoms with E-state index in [9.17, 15) is 9.59 Å². The summed E-state index contributed by atoms with van der Waals surface area (Å²) in [5, 5.41) is 3.47. The summed E-state index contributed by atoms with van der Waals surface area (Å²) in [4.78, 5) is 30.9. The van der Waals surface area contributed by atoms with Crippen LogP contribution in [-0.2, 0) is 37.3 Å². The van der Waals surface area contributed by atoms with Crippen molar-refractivity contribution in [3.05, 3.63) is 84.2 Å². The van der Waals surface area contributed by atoms with Crippen LogP contribution >= 0.6 is 22.9 Å².